The van der Waals surface area contributed by atoms with Gasteiger partial charge in [-0.25, -0.2) is 8.78 Å². The van der Waals surface area contributed by atoms with Crippen LogP contribution in [0, 0.1) is 11.6 Å². The molecular formula is C17H26F2IN5O. The normalized spacial score (nSPS) is 16.8. The molecule has 6 nitrogen and oxygen atoms in total. The maximum atomic E-state index is 13.9. The van der Waals surface area contributed by atoms with Crippen molar-refractivity contribution in [3.8, 4) is 0 Å². The van der Waals surface area contributed by atoms with Gasteiger partial charge in [0.15, 0.2) is 5.96 Å². The number of hydrogen-bond acceptors (Lipinski definition) is 3. The van der Waals surface area contributed by atoms with E-state index >= 15 is 0 Å². The number of nitrogens with one attached hydrogen (secondary N) is 3. The molecule has 1 atom stereocenters. The van der Waals surface area contributed by atoms with Gasteiger partial charge in [-0.05, 0) is 25.5 Å². The van der Waals surface area contributed by atoms with E-state index < -0.39 is 11.6 Å². The number of rotatable bonds is 6. The highest BCUT2D eigenvalue weighted by Gasteiger charge is 2.27. The third kappa shape index (κ3) is 6.58. The number of halogens is 3. The molecule has 0 radical (unpaired) electrons. The van der Waals surface area contributed by atoms with E-state index in [1.165, 1.54) is 25.1 Å². The van der Waals surface area contributed by atoms with Crippen molar-refractivity contribution in [1.82, 2.24) is 16.0 Å². The first-order valence-electron chi connectivity index (χ1n) is 8.49. The summed E-state index contributed by atoms with van der Waals surface area (Å²) in [5.74, 6) is -0.548. The lowest BCUT2D eigenvalue weighted by atomic mass is 10.2. The highest BCUT2D eigenvalue weighted by atomic mass is 127. The summed E-state index contributed by atoms with van der Waals surface area (Å²) in [7, 11) is 0. The number of carbonyl (C=O) groups excluding carboxylic acids is 1. The second-order valence-corrected chi connectivity index (χ2v) is 5.89. The molecule has 3 N–H and O–H groups in total. The van der Waals surface area contributed by atoms with Gasteiger partial charge in [0, 0.05) is 39.1 Å². The predicted molar refractivity (Wildman–Crippen MR) is 110 cm³/mol. The molecule has 1 aromatic rings. The minimum atomic E-state index is -0.545. The number of para-hydroxylation sites is 1. The monoisotopic (exact) mass is 481 g/mol. The zero-order valence-corrected chi connectivity index (χ0v) is 17.3. The fourth-order valence-electron chi connectivity index (χ4n) is 2.79. The molecule has 1 unspecified atom stereocenters. The Morgan fingerprint density at radius 2 is 2.00 bits per heavy atom. The molecule has 1 aromatic carbocycles. The van der Waals surface area contributed by atoms with E-state index in [9.17, 15) is 13.6 Å². The Hall–Kier alpha value is -1.65. The molecule has 146 valence electrons. The van der Waals surface area contributed by atoms with Crippen molar-refractivity contribution in [3.05, 3.63) is 29.8 Å². The van der Waals surface area contributed by atoms with Gasteiger partial charge in [0.1, 0.15) is 17.3 Å². The van der Waals surface area contributed by atoms with Crippen LogP contribution in [0.3, 0.4) is 0 Å². The van der Waals surface area contributed by atoms with Crippen molar-refractivity contribution in [3.63, 3.8) is 0 Å². The molecule has 1 amide bonds. The second kappa shape index (κ2) is 11.1. The molecule has 1 fully saturated rings. The van der Waals surface area contributed by atoms with Gasteiger partial charge >= 0.3 is 0 Å². The molecule has 0 aliphatic carbocycles. The third-order valence-electron chi connectivity index (χ3n) is 3.88. The Morgan fingerprint density at radius 3 is 2.62 bits per heavy atom. The number of guanidine groups is 1. The molecule has 0 bridgehead atoms. The average Bonchev–Trinajstić information content (AvgIpc) is 2.99. The van der Waals surface area contributed by atoms with Crippen LogP contribution in [0.5, 0.6) is 0 Å². The summed E-state index contributed by atoms with van der Waals surface area (Å²) in [6, 6.07) is 3.95. The summed E-state index contributed by atoms with van der Waals surface area (Å²) in [5.41, 5.74) is 0.0272. The van der Waals surface area contributed by atoms with E-state index in [2.05, 4.69) is 20.9 Å². The van der Waals surface area contributed by atoms with Gasteiger partial charge in [0.25, 0.3) is 0 Å². The smallest absolute Gasteiger partial charge is 0.216 e. The molecule has 1 aliphatic rings. The Labute approximate surface area is 169 Å². The lowest BCUT2D eigenvalue weighted by Crippen LogP contribution is -2.45. The number of amides is 1. The van der Waals surface area contributed by atoms with Gasteiger partial charge in [-0.1, -0.05) is 6.07 Å². The zero-order valence-electron chi connectivity index (χ0n) is 15.0. The number of nitrogens with zero attached hydrogens (tertiary/aromatic N) is 2. The zero-order chi connectivity index (χ0) is 18.2. The summed E-state index contributed by atoms with van der Waals surface area (Å²) in [6.45, 7) is 6.10. The third-order valence-corrected chi connectivity index (χ3v) is 3.88. The highest BCUT2D eigenvalue weighted by Crippen LogP contribution is 2.26. The van der Waals surface area contributed by atoms with E-state index in [1.54, 1.807) is 4.90 Å². The molecule has 2 rings (SSSR count). The van der Waals surface area contributed by atoms with Crippen LogP contribution in [0.4, 0.5) is 14.5 Å². The second-order valence-electron chi connectivity index (χ2n) is 5.89. The van der Waals surface area contributed by atoms with E-state index in [0.29, 0.717) is 38.7 Å². The Balaban J connectivity index is 0.00000338. The molecule has 0 spiro atoms. The van der Waals surface area contributed by atoms with Crippen molar-refractivity contribution in [2.45, 2.75) is 26.3 Å². The molecule has 1 heterocycles. The number of anilines is 1. The standard InChI is InChI=1S/C17H25F2N5O.HI/c1-3-20-17(22-9-8-21-12(2)25)23-13-7-10-24(11-13)16-14(18)5-4-6-15(16)19;/h4-6,13H,3,7-11H2,1-2H3,(H,21,25)(H2,20,22,23);1H. The van der Waals surface area contributed by atoms with Gasteiger partial charge in [-0.15, -0.1) is 24.0 Å². The van der Waals surface area contributed by atoms with Gasteiger partial charge in [0.05, 0.1) is 6.54 Å². The molecule has 26 heavy (non-hydrogen) atoms. The summed E-state index contributed by atoms with van der Waals surface area (Å²) >= 11 is 0. The van der Waals surface area contributed by atoms with Crippen LogP contribution in [0.1, 0.15) is 20.3 Å². The lowest BCUT2D eigenvalue weighted by Gasteiger charge is -2.21. The minimum absolute atomic E-state index is 0. The Morgan fingerprint density at radius 1 is 1.31 bits per heavy atom. The summed E-state index contributed by atoms with van der Waals surface area (Å²) < 4.78 is 27.8. The molecular weight excluding hydrogens is 455 g/mol. The van der Waals surface area contributed by atoms with Crippen molar-refractivity contribution in [1.29, 1.82) is 0 Å². The highest BCUT2D eigenvalue weighted by molar-refractivity contribution is 14.0. The van der Waals surface area contributed by atoms with Gasteiger partial charge in [-0.2, -0.15) is 0 Å². The number of hydrogen-bond donors (Lipinski definition) is 3. The van der Waals surface area contributed by atoms with Crippen LogP contribution >= 0.6 is 24.0 Å². The number of carbonyl (C=O) groups is 1. The molecule has 0 aromatic heterocycles. The van der Waals surface area contributed by atoms with E-state index in [1.807, 2.05) is 6.92 Å². The van der Waals surface area contributed by atoms with Crippen molar-refractivity contribution < 1.29 is 13.6 Å². The quantitative estimate of drug-likeness (QED) is 0.251. The maximum absolute atomic E-state index is 13.9. The van der Waals surface area contributed by atoms with Crippen molar-refractivity contribution in [2.75, 3.05) is 37.6 Å². The van der Waals surface area contributed by atoms with Gasteiger partial charge < -0.3 is 20.9 Å². The lowest BCUT2D eigenvalue weighted by molar-refractivity contribution is -0.118. The van der Waals surface area contributed by atoms with E-state index in [-0.39, 0.29) is 41.6 Å². The van der Waals surface area contributed by atoms with Crippen molar-refractivity contribution in [2.24, 2.45) is 4.99 Å². The summed E-state index contributed by atoms with van der Waals surface area (Å²) in [5, 5.41) is 9.10. The Bertz CT molecular complexity index is 609. The molecule has 1 saturated heterocycles. The van der Waals surface area contributed by atoms with Crippen LogP contribution in [-0.2, 0) is 4.79 Å². The molecule has 0 saturated carbocycles. The van der Waals surface area contributed by atoms with Crippen LogP contribution in [0.2, 0.25) is 0 Å². The fourth-order valence-corrected chi connectivity index (χ4v) is 2.79. The topological polar surface area (TPSA) is 68.8 Å². The van der Waals surface area contributed by atoms with Gasteiger partial charge in [0.2, 0.25) is 5.91 Å². The number of benzene rings is 1. The SMILES string of the molecule is CCNC(=NCCNC(C)=O)NC1CCN(c2c(F)cccc2F)C1.I. The Kier molecular flexibility index (Phi) is 9.60. The maximum Gasteiger partial charge on any atom is 0.216 e. The fraction of sp³-hybridized carbons (Fsp3) is 0.529. The molecule has 9 heteroatoms. The van der Waals surface area contributed by atoms with Crippen LogP contribution < -0.4 is 20.9 Å². The first kappa shape index (κ1) is 22.4. The first-order chi connectivity index (χ1) is 12.0. The van der Waals surface area contributed by atoms with Crippen LogP contribution in [0.15, 0.2) is 23.2 Å². The van der Waals surface area contributed by atoms with E-state index in [4.69, 9.17) is 0 Å². The summed E-state index contributed by atoms with van der Waals surface area (Å²) in [6.07, 6.45) is 0.754. The van der Waals surface area contributed by atoms with Crippen molar-refractivity contribution >= 4 is 41.5 Å². The van der Waals surface area contributed by atoms with Crippen LogP contribution in [-0.4, -0.2) is 50.6 Å². The molecule has 1 aliphatic heterocycles. The van der Waals surface area contributed by atoms with Gasteiger partial charge in [-0.3, -0.25) is 9.79 Å². The predicted octanol–water partition coefficient (Wildman–Crippen LogP) is 1.85. The largest absolute Gasteiger partial charge is 0.365 e. The summed E-state index contributed by atoms with van der Waals surface area (Å²) in [4.78, 5) is 17.0. The average molecular weight is 481 g/mol. The minimum Gasteiger partial charge on any atom is -0.365 e. The van der Waals surface area contributed by atoms with E-state index in [0.717, 1.165) is 6.42 Å². The number of aliphatic imine (C=N–C) groups is 1. The van der Waals surface area contributed by atoms with Crippen LogP contribution in [0.25, 0.3) is 0 Å². The first-order valence-corrected chi connectivity index (χ1v) is 8.49.